The molecule has 1 aromatic carbocycles. The van der Waals surface area contributed by atoms with Gasteiger partial charge < -0.3 is 15.0 Å². The van der Waals surface area contributed by atoms with Gasteiger partial charge in [0.15, 0.2) is 5.69 Å². The topological polar surface area (TPSA) is 100 Å². The molecule has 1 unspecified atom stereocenters. The number of carbonyl (C=O) groups is 2. The molecule has 5 rings (SSSR count). The Bertz CT molecular complexity index is 1100. The van der Waals surface area contributed by atoms with E-state index in [0.717, 1.165) is 24.1 Å². The lowest BCUT2D eigenvalue weighted by Crippen LogP contribution is -2.51. The molecule has 0 bridgehead atoms. The van der Waals surface area contributed by atoms with Gasteiger partial charge in [-0.1, -0.05) is 29.8 Å². The number of fused-ring (bicyclic) bond motifs is 1. The quantitative estimate of drug-likeness (QED) is 0.811. The van der Waals surface area contributed by atoms with Crippen molar-refractivity contribution in [1.29, 1.82) is 5.26 Å². The summed E-state index contributed by atoms with van der Waals surface area (Å²) >= 11 is 6.39. The van der Waals surface area contributed by atoms with E-state index in [-0.39, 0.29) is 29.7 Å². The lowest BCUT2D eigenvalue weighted by molar-refractivity contribution is -0.0555. The number of benzene rings is 1. The van der Waals surface area contributed by atoms with Crippen LogP contribution in [-0.4, -0.2) is 45.4 Å². The third kappa shape index (κ3) is 2.84. The van der Waals surface area contributed by atoms with Gasteiger partial charge in [-0.25, -0.2) is 4.79 Å². The van der Waals surface area contributed by atoms with Gasteiger partial charge in [0.05, 0.1) is 18.3 Å². The van der Waals surface area contributed by atoms with Crippen LogP contribution in [0.1, 0.15) is 46.2 Å². The number of nitrogens with one attached hydrogen (secondary N) is 1. The minimum absolute atomic E-state index is 0.00288. The number of alkyl carbamates (subject to hydrolysis) is 1. The van der Waals surface area contributed by atoms with Crippen LogP contribution in [-0.2, 0) is 18.2 Å². The van der Waals surface area contributed by atoms with Gasteiger partial charge >= 0.3 is 6.09 Å². The van der Waals surface area contributed by atoms with E-state index in [0.29, 0.717) is 30.1 Å². The summed E-state index contributed by atoms with van der Waals surface area (Å²) in [4.78, 5) is 26.5. The molecule has 3 heterocycles. The van der Waals surface area contributed by atoms with Gasteiger partial charge in [-0.3, -0.25) is 9.48 Å². The summed E-state index contributed by atoms with van der Waals surface area (Å²) in [5, 5.41) is 16.5. The maximum atomic E-state index is 13.2. The standard InChI is InChI=1S/C21H20ClN5O3/c1-26-17(18(22)15(9-23)25-26)6-16-13-4-2-3-5-14(13)19(28)27(16)10-12-7-21(8-12)11-24-20(29)30-21/h2-5,12,16H,6-8,10-11H2,1H3,(H,24,29). The lowest BCUT2D eigenvalue weighted by Gasteiger charge is -2.44. The van der Waals surface area contributed by atoms with Gasteiger partial charge in [0.2, 0.25) is 0 Å². The van der Waals surface area contributed by atoms with Crippen LogP contribution in [0.4, 0.5) is 4.79 Å². The van der Waals surface area contributed by atoms with Gasteiger partial charge in [0, 0.05) is 25.6 Å². The minimum Gasteiger partial charge on any atom is -0.441 e. The summed E-state index contributed by atoms with van der Waals surface area (Å²) in [6.45, 7) is 1.11. The summed E-state index contributed by atoms with van der Waals surface area (Å²) in [6, 6.07) is 9.44. The molecular weight excluding hydrogens is 406 g/mol. The molecule has 1 N–H and O–H groups in total. The van der Waals surface area contributed by atoms with E-state index in [2.05, 4.69) is 10.4 Å². The van der Waals surface area contributed by atoms with E-state index in [9.17, 15) is 14.9 Å². The highest BCUT2D eigenvalue weighted by atomic mass is 35.5. The first-order chi connectivity index (χ1) is 14.4. The Kier molecular flexibility index (Phi) is 4.26. The molecule has 1 saturated carbocycles. The van der Waals surface area contributed by atoms with E-state index in [1.165, 1.54) is 0 Å². The van der Waals surface area contributed by atoms with Crippen molar-refractivity contribution in [3.8, 4) is 6.07 Å². The number of nitriles is 1. The average molecular weight is 426 g/mol. The SMILES string of the molecule is Cn1nc(C#N)c(Cl)c1CC1c2ccccc2C(=O)N1CC1CC2(CNC(=O)O2)C1. The predicted molar refractivity (Wildman–Crippen MR) is 107 cm³/mol. The highest BCUT2D eigenvalue weighted by molar-refractivity contribution is 6.32. The molecular formula is C21H20ClN5O3. The summed E-state index contributed by atoms with van der Waals surface area (Å²) < 4.78 is 7.04. The second-order valence-corrected chi connectivity index (χ2v) is 8.69. The Labute approximate surface area is 178 Å². The largest absolute Gasteiger partial charge is 0.441 e. The molecule has 2 amide bonds. The number of carbonyl (C=O) groups excluding carboxylic acids is 2. The molecule has 1 aliphatic carbocycles. The number of aromatic nitrogens is 2. The van der Waals surface area contributed by atoms with E-state index >= 15 is 0 Å². The first kappa shape index (κ1) is 18.9. The van der Waals surface area contributed by atoms with Gasteiger partial charge in [0.1, 0.15) is 16.7 Å². The van der Waals surface area contributed by atoms with Crippen molar-refractivity contribution in [2.24, 2.45) is 13.0 Å². The molecule has 1 spiro atoms. The first-order valence-electron chi connectivity index (χ1n) is 9.89. The van der Waals surface area contributed by atoms with Crippen molar-refractivity contribution in [3.05, 3.63) is 51.8 Å². The summed E-state index contributed by atoms with van der Waals surface area (Å²) in [5.41, 5.74) is 2.16. The number of amides is 2. The van der Waals surface area contributed by atoms with Crippen molar-refractivity contribution in [2.75, 3.05) is 13.1 Å². The van der Waals surface area contributed by atoms with Crippen LogP contribution in [0.2, 0.25) is 5.02 Å². The van der Waals surface area contributed by atoms with Gasteiger partial charge in [-0.15, -0.1) is 0 Å². The van der Waals surface area contributed by atoms with E-state index < -0.39 is 5.60 Å². The number of halogens is 1. The Balaban J connectivity index is 1.40. The van der Waals surface area contributed by atoms with E-state index in [4.69, 9.17) is 16.3 Å². The fourth-order valence-electron chi connectivity index (χ4n) is 5.02. The minimum atomic E-state index is -0.417. The highest BCUT2D eigenvalue weighted by Gasteiger charge is 2.52. The zero-order valence-electron chi connectivity index (χ0n) is 16.4. The number of rotatable bonds is 4. The second-order valence-electron chi connectivity index (χ2n) is 8.31. The highest BCUT2D eigenvalue weighted by Crippen LogP contribution is 2.46. The smallest absolute Gasteiger partial charge is 0.407 e. The molecule has 30 heavy (non-hydrogen) atoms. The number of ether oxygens (including phenoxy) is 1. The molecule has 2 aliphatic heterocycles. The Hall–Kier alpha value is -3.05. The van der Waals surface area contributed by atoms with Crippen molar-refractivity contribution in [3.63, 3.8) is 0 Å². The van der Waals surface area contributed by atoms with Crippen LogP contribution < -0.4 is 5.32 Å². The van der Waals surface area contributed by atoms with Crippen molar-refractivity contribution in [2.45, 2.75) is 30.9 Å². The van der Waals surface area contributed by atoms with Crippen molar-refractivity contribution in [1.82, 2.24) is 20.0 Å². The van der Waals surface area contributed by atoms with Crippen LogP contribution in [0.15, 0.2) is 24.3 Å². The van der Waals surface area contributed by atoms with Crippen molar-refractivity contribution < 1.29 is 14.3 Å². The monoisotopic (exact) mass is 425 g/mol. The molecule has 9 heteroatoms. The number of hydrogen-bond acceptors (Lipinski definition) is 5. The first-order valence-corrected chi connectivity index (χ1v) is 10.3. The van der Waals surface area contributed by atoms with Gasteiger partial charge in [0.25, 0.3) is 5.91 Å². The molecule has 8 nitrogen and oxygen atoms in total. The number of hydrogen-bond donors (Lipinski definition) is 1. The average Bonchev–Trinajstić information content (AvgIpc) is 3.31. The molecule has 1 aromatic heterocycles. The van der Waals surface area contributed by atoms with Crippen LogP contribution in [0, 0.1) is 17.2 Å². The normalized spacial score (nSPS) is 26.9. The van der Waals surface area contributed by atoms with Crippen LogP contribution >= 0.6 is 11.6 Å². The summed E-state index contributed by atoms with van der Waals surface area (Å²) in [6.07, 6.45) is 1.59. The second kappa shape index (κ2) is 6.74. The summed E-state index contributed by atoms with van der Waals surface area (Å²) in [7, 11) is 1.76. The third-order valence-corrected chi connectivity index (χ3v) is 6.82. The maximum Gasteiger partial charge on any atom is 0.407 e. The molecule has 2 fully saturated rings. The number of aryl methyl sites for hydroxylation is 1. The van der Waals surface area contributed by atoms with Crippen LogP contribution in [0.5, 0.6) is 0 Å². The summed E-state index contributed by atoms with van der Waals surface area (Å²) in [5.74, 6) is 0.257. The Morgan fingerprint density at radius 2 is 2.13 bits per heavy atom. The third-order valence-electron chi connectivity index (χ3n) is 6.42. The Morgan fingerprint density at radius 1 is 1.37 bits per heavy atom. The fraction of sp³-hybridized carbons (Fsp3) is 0.429. The Morgan fingerprint density at radius 3 is 2.80 bits per heavy atom. The lowest BCUT2D eigenvalue weighted by atomic mass is 9.70. The van der Waals surface area contributed by atoms with Gasteiger partial charge in [-0.05, 0) is 30.4 Å². The van der Waals surface area contributed by atoms with E-state index in [1.54, 1.807) is 11.7 Å². The zero-order valence-corrected chi connectivity index (χ0v) is 17.1. The molecule has 3 aliphatic rings. The maximum absolute atomic E-state index is 13.2. The molecule has 0 radical (unpaired) electrons. The van der Waals surface area contributed by atoms with Gasteiger partial charge in [-0.2, -0.15) is 10.4 Å². The number of nitrogens with zero attached hydrogens (tertiary/aromatic N) is 4. The van der Waals surface area contributed by atoms with Crippen LogP contribution in [0.25, 0.3) is 0 Å². The fourth-order valence-corrected chi connectivity index (χ4v) is 5.30. The molecule has 2 aromatic rings. The van der Waals surface area contributed by atoms with E-state index in [1.807, 2.05) is 35.2 Å². The van der Waals surface area contributed by atoms with Crippen molar-refractivity contribution >= 4 is 23.6 Å². The molecule has 1 saturated heterocycles. The predicted octanol–water partition coefficient (Wildman–Crippen LogP) is 2.57. The molecule has 154 valence electrons. The molecule has 1 atom stereocenters. The zero-order chi connectivity index (χ0) is 21.0. The van der Waals surface area contributed by atoms with Crippen LogP contribution in [0.3, 0.4) is 0 Å².